The van der Waals surface area contributed by atoms with Crippen LogP contribution < -0.4 is 5.32 Å². The summed E-state index contributed by atoms with van der Waals surface area (Å²) in [5.74, 6) is -1.48. The number of amides is 1. The van der Waals surface area contributed by atoms with Crippen LogP contribution in [0, 0.1) is 6.92 Å². The summed E-state index contributed by atoms with van der Waals surface area (Å²) >= 11 is 0. The number of anilines is 1. The van der Waals surface area contributed by atoms with Crippen molar-refractivity contribution in [2.75, 3.05) is 18.5 Å². The topological polar surface area (TPSA) is 94.6 Å². The third-order valence-corrected chi connectivity index (χ3v) is 4.53. The Morgan fingerprint density at radius 1 is 0.968 bits per heavy atom. The molecular weight excluding hydrogens is 396 g/mol. The van der Waals surface area contributed by atoms with E-state index in [-0.39, 0.29) is 0 Å². The Bertz CT molecular complexity index is 1090. The normalized spacial score (nSPS) is 10.5. The smallest absolute Gasteiger partial charge is 0.339 e. The summed E-state index contributed by atoms with van der Waals surface area (Å²) in [5, 5.41) is 3.30. The second kappa shape index (κ2) is 10.3. The highest BCUT2D eigenvalue weighted by atomic mass is 16.5. The van der Waals surface area contributed by atoms with Crippen molar-refractivity contribution in [3.05, 3.63) is 71.4 Å². The molecule has 3 aromatic rings. The number of nitrogens with zero attached hydrogens (tertiary/aromatic N) is 1. The number of carbonyl (C=O) groups excluding carboxylic acids is 3. The Morgan fingerprint density at radius 3 is 2.45 bits per heavy atom. The van der Waals surface area contributed by atoms with Crippen LogP contribution in [0.1, 0.15) is 46.2 Å². The van der Waals surface area contributed by atoms with Gasteiger partial charge in [0.2, 0.25) is 0 Å². The van der Waals surface area contributed by atoms with E-state index < -0.39 is 24.5 Å². The highest BCUT2D eigenvalue weighted by molar-refractivity contribution is 6.04. The molecule has 0 fully saturated rings. The van der Waals surface area contributed by atoms with E-state index in [1.54, 1.807) is 43.3 Å². The van der Waals surface area contributed by atoms with E-state index >= 15 is 0 Å². The third-order valence-electron chi connectivity index (χ3n) is 4.53. The average molecular weight is 420 g/mol. The fourth-order valence-electron chi connectivity index (χ4n) is 2.96. The number of carbonyl (C=O) groups is 3. The second-order valence-corrected chi connectivity index (χ2v) is 7.02. The zero-order valence-electron chi connectivity index (χ0n) is 17.5. The van der Waals surface area contributed by atoms with Gasteiger partial charge >= 0.3 is 11.9 Å². The quantitative estimate of drug-likeness (QED) is 0.431. The van der Waals surface area contributed by atoms with Gasteiger partial charge in [0.25, 0.3) is 5.91 Å². The molecule has 0 saturated heterocycles. The van der Waals surface area contributed by atoms with Gasteiger partial charge in [-0.15, -0.1) is 0 Å². The van der Waals surface area contributed by atoms with Crippen molar-refractivity contribution in [3.8, 4) is 0 Å². The Labute approximate surface area is 180 Å². The van der Waals surface area contributed by atoms with Crippen LogP contribution in [0.2, 0.25) is 0 Å². The highest BCUT2D eigenvalue weighted by Gasteiger charge is 2.15. The lowest BCUT2D eigenvalue weighted by Crippen LogP contribution is -2.21. The number of hydrogen-bond acceptors (Lipinski definition) is 6. The lowest BCUT2D eigenvalue weighted by Gasteiger charge is -2.09. The lowest BCUT2D eigenvalue weighted by molar-refractivity contribution is -0.119. The summed E-state index contributed by atoms with van der Waals surface area (Å²) in [6.07, 6.45) is 1.76. The molecule has 7 heteroatoms. The molecule has 0 saturated carbocycles. The number of hydrogen-bond donors (Lipinski definition) is 1. The fourth-order valence-corrected chi connectivity index (χ4v) is 2.96. The van der Waals surface area contributed by atoms with E-state index in [9.17, 15) is 14.4 Å². The van der Waals surface area contributed by atoms with Crippen molar-refractivity contribution < 1.29 is 23.9 Å². The molecule has 160 valence electrons. The molecule has 31 heavy (non-hydrogen) atoms. The van der Waals surface area contributed by atoms with E-state index in [2.05, 4.69) is 10.3 Å². The van der Waals surface area contributed by atoms with Gasteiger partial charge in [0.15, 0.2) is 6.61 Å². The van der Waals surface area contributed by atoms with Gasteiger partial charge in [0, 0.05) is 16.8 Å². The van der Waals surface area contributed by atoms with Crippen LogP contribution in [0.4, 0.5) is 5.69 Å². The maximum absolute atomic E-state index is 12.5. The number of rotatable bonds is 8. The van der Waals surface area contributed by atoms with Crippen molar-refractivity contribution in [2.24, 2.45) is 0 Å². The lowest BCUT2D eigenvalue weighted by atomic mass is 10.1. The molecule has 7 nitrogen and oxygen atoms in total. The fraction of sp³-hybridized carbons (Fsp3) is 0.250. The number of pyridine rings is 1. The Kier molecular flexibility index (Phi) is 7.32. The molecule has 0 atom stereocenters. The van der Waals surface area contributed by atoms with Crippen molar-refractivity contribution >= 4 is 34.4 Å². The molecule has 0 radical (unpaired) electrons. The Morgan fingerprint density at radius 2 is 1.71 bits per heavy atom. The van der Waals surface area contributed by atoms with Gasteiger partial charge in [-0.05, 0) is 49.7 Å². The summed E-state index contributed by atoms with van der Waals surface area (Å²) < 4.78 is 10.3. The molecule has 1 heterocycles. The van der Waals surface area contributed by atoms with Gasteiger partial charge in [-0.25, -0.2) is 9.59 Å². The first-order valence-electron chi connectivity index (χ1n) is 10.1. The summed E-state index contributed by atoms with van der Waals surface area (Å²) in [7, 11) is 0. The molecule has 0 aliphatic rings. The summed E-state index contributed by atoms with van der Waals surface area (Å²) in [6.45, 7) is 3.75. The monoisotopic (exact) mass is 420 g/mol. The van der Waals surface area contributed by atoms with Crippen LogP contribution in [0.5, 0.6) is 0 Å². The van der Waals surface area contributed by atoms with Crippen LogP contribution in [0.15, 0.2) is 54.6 Å². The molecule has 0 aliphatic heterocycles. The van der Waals surface area contributed by atoms with Crippen molar-refractivity contribution in [1.82, 2.24) is 4.98 Å². The maximum Gasteiger partial charge on any atom is 0.339 e. The number of nitrogens with one attached hydrogen (secondary N) is 1. The number of para-hydroxylation sites is 1. The molecule has 1 amide bonds. The molecule has 0 aliphatic carbocycles. The molecular formula is C24H24N2O5. The number of aryl methyl sites for hydroxylation is 1. The van der Waals surface area contributed by atoms with E-state index in [1.807, 2.05) is 25.1 Å². The van der Waals surface area contributed by atoms with Crippen molar-refractivity contribution in [2.45, 2.75) is 26.7 Å². The average Bonchev–Trinajstić information content (AvgIpc) is 2.77. The van der Waals surface area contributed by atoms with Crippen molar-refractivity contribution in [1.29, 1.82) is 0 Å². The molecule has 2 aromatic carbocycles. The van der Waals surface area contributed by atoms with Crippen LogP contribution in [0.25, 0.3) is 10.9 Å². The zero-order chi connectivity index (χ0) is 22.2. The summed E-state index contributed by atoms with van der Waals surface area (Å²) in [5.41, 5.74) is 2.62. The van der Waals surface area contributed by atoms with Gasteiger partial charge in [-0.1, -0.05) is 31.5 Å². The number of unbranched alkanes of at least 4 members (excludes halogenated alkanes) is 1. The van der Waals surface area contributed by atoms with Gasteiger partial charge in [-0.2, -0.15) is 0 Å². The van der Waals surface area contributed by atoms with Gasteiger partial charge < -0.3 is 14.8 Å². The first-order valence-corrected chi connectivity index (χ1v) is 10.1. The Hall–Kier alpha value is -3.74. The minimum Gasteiger partial charge on any atom is -0.462 e. The molecule has 0 bridgehead atoms. The zero-order valence-corrected chi connectivity index (χ0v) is 17.5. The Balaban J connectivity index is 1.56. The van der Waals surface area contributed by atoms with Gasteiger partial charge in [-0.3, -0.25) is 9.78 Å². The van der Waals surface area contributed by atoms with E-state index in [4.69, 9.17) is 9.47 Å². The SMILES string of the molecule is CCCCOC(=O)c1ccc(NC(=O)COC(=O)c2cc(C)nc3ccccc23)cc1. The number of ether oxygens (including phenoxy) is 2. The molecule has 3 rings (SSSR count). The van der Waals surface area contributed by atoms with Crippen LogP contribution >= 0.6 is 0 Å². The number of benzene rings is 2. The van der Waals surface area contributed by atoms with Crippen LogP contribution in [-0.4, -0.2) is 36.0 Å². The largest absolute Gasteiger partial charge is 0.462 e. The molecule has 0 unspecified atom stereocenters. The number of esters is 2. The highest BCUT2D eigenvalue weighted by Crippen LogP contribution is 2.19. The number of fused-ring (bicyclic) bond motifs is 1. The maximum atomic E-state index is 12.5. The third kappa shape index (κ3) is 5.88. The van der Waals surface area contributed by atoms with Crippen LogP contribution in [0.3, 0.4) is 0 Å². The summed E-state index contributed by atoms with van der Waals surface area (Å²) in [4.78, 5) is 41.0. The minimum absolute atomic E-state index is 0.363. The number of aromatic nitrogens is 1. The first kappa shape index (κ1) is 22.0. The van der Waals surface area contributed by atoms with Crippen LogP contribution in [-0.2, 0) is 14.3 Å². The molecule has 1 N–H and O–H groups in total. The van der Waals surface area contributed by atoms with Gasteiger partial charge in [0.05, 0.1) is 23.3 Å². The van der Waals surface area contributed by atoms with E-state index in [0.29, 0.717) is 40.0 Å². The minimum atomic E-state index is -0.595. The van der Waals surface area contributed by atoms with Gasteiger partial charge in [0.1, 0.15) is 0 Å². The second-order valence-electron chi connectivity index (χ2n) is 7.02. The predicted molar refractivity (Wildman–Crippen MR) is 117 cm³/mol. The molecule has 1 aromatic heterocycles. The summed E-state index contributed by atoms with van der Waals surface area (Å²) in [6, 6.07) is 15.2. The van der Waals surface area contributed by atoms with E-state index in [0.717, 1.165) is 12.8 Å². The van der Waals surface area contributed by atoms with Crippen molar-refractivity contribution in [3.63, 3.8) is 0 Å². The standard InChI is InChI=1S/C24H24N2O5/c1-3-4-13-30-23(28)17-9-11-18(12-10-17)26-22(27)15-31-24(29)20-14-16(2)25-21-8-6-5-7-19(20)21/h5-12,14H,3-4,13,15H2,1-2H3,(H,26,27). The van der Waals surface area contributed by atoms with E-state index in [1.165, 1.54) is 0 Å². The first-order chi connectivity index (χ1) is 15.0. The predicted octanol–water partition coefficient (Wildman–Crippen LogP) is 4.30. The molecule has 0 spiro atoms.